The highest BCUT2D eigenvalue weighted by molar-refractivity contribution is 5.65. The van der Waals surface area contributed by atoms with Gasteiger partial charge in [0.05, 0.1) is 20.0 Å². The van der Waals surface area contributed by atoms with Crippen molar-refractivity contribution in [1.82, 2.24) is 0 Å². The Hall–Kier alpha value is -0.410. The van der Waals surface area contributed by atoms with E-state index in [0.717, 1.165) is 19.3 Å². The summed E-state index contributed by atoms with van der Waals surface area (Å²) in [5, 5.41) is 11.4. The SMILES string of the molecule is CC(=O)[N+]1([O-])CCCCC1. The first-order valence-electron chi connectivity index (χ1n) is 3.74. The molecule has 0 aromatic carbocycles. The Labute approximate surface area is 60.8 Å². The molecular weight excluding hydrogens is 130 g/mol. The van der Waals surface area contributed by atoms with Gasteiger partial charge in [-0.25, -0.2) is 4.79 Å². The standard InChI is InChI=1S/C7H13NO2/c1-7(9)8(10)5-3-2-4-6-8/h2-6H2,1H3. The highest BCUT2D eigenvalue weighted by Crippen LogP contribution is 2.16. The summed E-state index contributed by atoms with van der Waals surface area (Å²) in [6, 6.07) is 0. The molecule has 1 fully saturated rings. The first-order chi connectivity index (χ1) is 4.65. The van der Waals surface area contributed by atoms with Gasteiger partial charge in [-0.1, -0.05) is 0 Å². The smallest absolute Gasteiger partial charge is 0.310 e. The molecule has 1 rings (SSSR count). The third kappa shape index (κ3) is 1.36. The number of piperidine rings is 1. The number of likely N-dealkylation sites (tertiary alicyclic amines) is 1. The third-order valence-corrected chi connectivity index (χ3v) is 2.11. The number of rotatable bonds is 0. The van der Waals surface area contributed by atoms with E-state index in [9.17, 15) is 10.0 Å². The molecule has 0 aromatic rings. The molecule has 0 unspecified atom stereocenters. The Kier molecular flexibility index (Phi) is 2.06. The number of nitrogens with zero attached hydrogens (tertiary/aromatic N) is 1. The van der Waals surface area contributed by atoms with Crippen molar-refractivity contribution < 1.29 is 9.44 Å². The average molecular weight is 143 g/mol. The van der Waals surface area contributed by atoms with E-state index in [1.54, 1.807) is 0 Å². The van der Waals surface area contributed by atoms with Crippen molar-refractivity contribution in [1.29, 1.82) is 0 Å². The Morgan fingerprint density at radius 2 is 1.80 bits per heavy atom. The van der Waals surface area contributed by atoms with Gasteiger partial charge >= 0.3 is 5.91 Å². The minimum absolute atomic E-state index is 0.236. The maximum Gasteiger partial charge on any atom is 0.310 e. The van der Waals surface area contributed by atoms with E-state index in [2.05, 4.69) is 0 Å². The number of carbonyl (C=O) groups excluding carboxylic acids is 1. The monoisotopic (exact) mass is 143 g/mol. The number of hydroxylamine groups is 3. The molecular formula is C7H13NO2. The van der Waals surface area contributed by atoms with Gasteiger partial charge in [0.2, 0.25) is 0 Å². The molecule has 0 aromatic heterocycles. The van der Waals surface area contributed by atoms with Crippen molar-refractivity contribution >= 4 is 5.91 Å². The zero-order valence-corrected chi connectivity index (χ0v) is 6.30. The zero-order valence-electron chi connectivity index (χ0n) is 6.30. The number of quaternary nitrogens is 1. The normalized spacial score (nSPS) is 24.2. The maximum atomic E-state index is 11.4. The molecule has 0 bridgehead atoms. The van der Waals surface area contributed by atoms with Crippen LogP contribution in [0.2, 0.25) is 0 Å². The largest absolute Gasteiger partial charge is 0.625 e. The molecule has 0 aliphatic carbocycles. The summed E-state index contributed by atoms with van der Waals surface area (Å²) < 4.78 is -0.583. The number of hydrogen-bond donors (Lipinski definition) is 0. The van der Waals surface area contributed by atoms with E-state index in [0.29, 0.717) is 13.1 Å². The minimum atomic E-state index is -0.583. The third-order valence-electron chi connectivity index (χ3n) is 2.11. The summed E-state index contributed by atoms with van der Waals surface area (Å²) in [6.07, 6.45) is 2.92. The van der Waals surface area contributed by atoms with Crippen LogP contribution in [0.3, 0.4) is 0 Å². The lowest BCUT2D eigenvalue weighted by molar-refractivity contribution is -0.809. The summed E-state index contributed by atoms with van der Waals surface area (Å²) in [4.78, 5) is 10.8. The Morgan fingerprint density at radius 3 is 2.10 bits per heavy atom. The Balaban J connectivity index is 2.56. The second kappa shape index (κ2) is 2.68. The van der Waals surface area contributed by atoms with Crippen LogP contribution in [0.5, 0.6) is 0 Å². The number of hydrogen-bond acceptors (Lipinski definition) is 2. The first-order valence-corrected chi connectivity index (χ1v) is 3.74. The van der Waals surface area contributed by atoms with E-state index in [1.807, 2.05) is 0 Å². The molecule has 1 heterocycles. The molecule has 0 spiro atoms. The fourth-order valence-corrected chi connectivity index (χ4v) is 1.34. The van der Waals surface area contributed by atoms with Crippen LogP contribution in [-0.4, -0.2) is 23.6 Å². The van der Waals surface area contributed by atoms with Gasteiger partial charge < -0.3 is 5.21 Å². The van der Waals surface area contributed by atoms with Gasteiger partial charge in [0.1, 0.15) is 0 Å². The summed E-state index contributed by atoms with van der Waals surface area (Å²) >= 11 is 0. The van der Waals surface area contributed by atoms with Gasteiger partial charge in [-0.15, -0.1) is 0 Å². The molecule has 58 valence electrons. The van der Waals surface area contributed by atoms with Gasteiger partial charge in [-0.3, -0.25) is 4.65 Å². The molecule has 1 saturated heterocycles. The number of amides is 1. The molecule has 3 heteroatoms. The van der Waals surface area contributed by atoms with E-state index in [-0.39, 0.29) is 5.91 Å². The van der Waals surface area contributed by atoms with Crippen molar-refractivity contribution in [3.05, 3.63) is 5.21 Å². The topological polar surface area (TPSA) is 40.1 Å². The van der Waals surface area contributed by atoms with Gasteiger partial charge in [0.25, 0.3) is 0 Å². The van der Waals surface area contributed by atoms with Crippen LogP contribution in [0.4, 0.5) is 0 Å². The van der Waals surface area contributed by atoms with E-state index in [4.69, 9.17) is 0 Å². The summed E-state index contributed by atoms with van der Waals surface area (Å²) in [6.45, 7) is 2.38. The van der Waals surface area contributed by atoms with E-state index >= 15 is 0 Å². The van der Waals surface area contributed by atoms with Gasteiger partial charge in [-0.05, 0) is 19.3 Å². The van der Waals surface area contributed by atoms with Crippen molar-refractivity contribution in [2.24, 2.45) is 0 Å². The van der Waals surface area contributed by atoms with Crippen molar-refractivity contribution in [2.75, 3.05) is 13.1 Å². The Bertz CT molecular complexity index is 139. The molecule has 0 radical (unpaired) electrons. The van der Waals surface area contributed by atoms with Crippen LogP contribution in [0.15, 0.2) is 0 Å². The van der Waals surface area contributed by atoms with E-state index in [1.165, 1.54) is 6.92 Å². The van der Waals surface area contributed by atoms with E-state index < -0.39 is 4.65 Å². The molecule has 3 nitrogen and oxygen atoms in total. The molecule has 1 aliphatic heterocycles. The molecule has 1 amide bonds. The van der Waals surface area contributed by atoms with Crippen LogP contribution in [0, 0.1) is 5.21 Å². The minimum Gasteiger partial charge on any atom is -0.625 e. The lowest BCUT2D eigenvalue weighted by Crippen LogP contribution is -2.49. The second-order valence-electron chi connectivity index (χ2n) is 2.92. The summed E-state index contributed by atoms with van der Waals surface area (Å²) in [5.41, 5.74) is 0. The van der Waals surface area contributed by atoms with Crippen LogP contribution < -0.4 is 0 Å². The summed E-state index contributed by atoms with van der Waals surface area (Å²) in [7, 11) is 0. The maximum absolute atomic E-state index is 11.4. The van der Waals surface area contributed by atoms with Crippen molar-refractivity contribution in [2.45, 2.75) is 26.2 Å². The highest BCUT2D eigenvalue weighted by Gasteiger charge is 2.25. The van der Waals surface area contributed by atoms with Gasteiger partial charge in [0.15, 0.2) is 0 Å². The summed E-state index contributed by atoms with van der Waals surface area (Å²) in [5.74, 6) is -0.236. The van der Waals surface area contributed by atoms with Crippen molar-refractivity contribution in [3.8, 4) is 0 Å². The molecule has 10 heavy (non-hydrogen) atoms. The molecule has 0 atom stereocenters. The van der Waals surface area contributed by atoms with Gasteiger partial charge in [0, 0.05) is 0 Å². The van der Waals surface area contributed by atoms with Crippen LogP contribution >= 0.6 is 0 Å². The predicted octanol–water partition coefficient (Wildman–Crippen LogP) is 1.03. The highest BCUT2D eigenvalue weighted by atomic mass is 16.6. The second-order valence-corrected chi connectivity index (χ2v) is 2.92. The molecule has 0 N–H and O–H groups in total. The predicted molar refractivity (Wildman–Crippen MR) is 37.9 cm³/mol. The fourth-order valence-electron chi connectivity index (χ4n) is 1.34. The molecule has 0 saturated carbocycles. The Morgan fingerprint density at radius 1 is 1.30 bits per heavy atom. The van der Waals surface area contributed by atoms with Gasteiger partial charge in [-0.2, -0.15) is 0 Å². The average Bonchev–Trinajstić information content (AvgIpc) is 1.89. The quantitative estimate of drug-likeness (QED) is 0.375. The molecule has 1 aliphatic rings. The number of carbonyl (C=O) groups is 1. The lowest BCUT2D eigenvalue weighted by Gasteiger charge is -2.41. The van der Waals surface area contributed by atoms with Crippen LogP contribution in [0.1, 0.15) is 26.2 Å². The van der Waals surface area contributed by atoms with Crippen molar-refractivity contribution in [3.63, 3.8) is 0 Å². The van der Waals surface area contributed by atoms with Crippen LogP contribution in [-0.2, 0) is 4.79 Å². The van der Waals surface area contributed by atoms with Crippen LogP contribution in [0.25, 0.3) is 0 Å². The lowest BCUT2D eigenvalue weighted by atomic mass is 10.1. The fraction of sp³-hybridized carbons (Fsp3) is 0.857. The zero-order chi connectivity index (χ0) is 7.61. The first kappa shape index (κ1) is 7.69.